The van der Waals surface area contributed by atoms with Gasteiger partial charge in [-0.25, -0.2) is 14.0 Å². The normalized spacial score (nSPS) is 18.8. The van der Waals surface area contributed by atoms with Crippen molar-refractivity contribution in [1.82, 2.24) is 15.1 Å². The van der Waals surface area contributed by atoms with Gasteiger partial charge in [0.1, 0.15) is 5.60 Å². The molecule has 1 aliphatic rings. The van der Waals surface area contributed by atoms with Gasteiger partial charge in [0, 0.05) is 37.3 Å². The van der Waals surface area contributed by atoms with Crippen molar-refractivity contribution in [3.8, 4) is 0 Å². The number of hydrogen-bond acceptors (Lipinski definition) is 5. The highest BCUT2D eigenvalue weighted by molar-refractivity contribution is 5.91. The quantitative estimate of drug-likeness (QED) is 0.314. The molecule has 0 bridgehead atoms. The number of carboxylic acids is 1. The zero-order valence-electron chi connectivity index (χ0n) is 22.6. The molecule has 1 aromatic heterocycles. The van der Waals surface area contributed by atoms with Crippen LogP contribution in [0.5, 0.6) is 0 Å². The van der Waals surface area contributed by atoms with Crippen LogP contribution < -0.4 is 4.90 Å². The highest BCUT2D eigenvalue weighted by atomic mass is 19.1. The first kappa shape index (κ1) is 28.8. The summed E-state index contributed by atoms with van der Waals surface area (Å²) in [5.74, 6) is -1.19. The highest BCUT2D eigenvalue weighted by Gasteiger charge is 2.37. The van der Waals surface area contributed by atoms with Crippen LogP contribution >= 0.6 is 0 Å². The number of anilines is 1. The van der Waals surface area contributed by atoms with Crippen molar-refractivity contribution in [1.29, 1.82) is 0 Å². The number of halogens is 1. The number of carboxylic acid groups (broad SMARTS) is 1. The van der Waals surface area contributed by atoms with Gasteiger partial charge in [0.2, 0.25) is 0 Å². The van der Waals surface area contributed by atoms with E-state index < -0.39 is 17.7 Å². The topological polar surface area (TPSA) is 98.8 Å². The monoisotopic (exact) mass is 524 g/mol. The molecule has 3 rings (SSSR count). The molecule has 38 heavy (non-hydrogen) atoms. The summed E-state index contributed by atoms with van der Waals surface area (Å²) in [5.41, 5.74) is 3.60. The largest absolute Gasteiger partial charge is 0.478 e. The van der Waals surface area contributed by atoms with E-state index in [0.717, 1.165) is 23.4 Å². The van der Waals surface area contributed by atoms with Crippen LogP contribution in [0.4, 0.5) is 14.9 Å². The van der Waals surface area contributed by atoms with E-state index in [9.17, 15) is 14.0 Å². The minimum absolute atomic E-state index is 0.168. The average molecular weight is 525 g/mol. The summed E-state index contributed by atoms with van der Waals surface area (Å²) < 4.78 is 19.3. The second-order valence-corrected chi connectivity index (χ2v) is 9.84. The number of aromatic nitrogens is 2. The number of cyclic esters (lactones) is 1. The van der Waals surface area contributed by atoms with Gasteiger partial charge < -0.3 is 9.84 Å². The maximum absolute atomic E-state index is 13.5. The minimum atomic E-state index is -1.01. The molecule has 2 aromatic rings. The number of nitrogens with zero attached hydrogens (tertiary/aromatic N) is 3. The van der Waals surface area contributed by atoms with E-state index in [2.05, 4.69) is 28.6 Å². The molecule has 0 saturated carbocycles. The molecule has 204 valence electrons. The number of rotatable bonds is 12. The van der Waals surface area contributed by atoms with Gasteiger partial charge in [0.05, 0.1) is 23.3 Å². The zero-order valence-corrected chi connectivity index (χ0v) is 22.6. The lowest BCUT2D eigenvalue weighted by Crippen LogP contribution is -2.49. The summed E-state index contributed by atoms with van der Waals surface area (Å²) in [6.07, 6.45) is 6.86. The van der Waals surface area contributed by atoms with E-state index in [-0.39, 0.29) is 11.4 Å². The molecule has 9 heteroatoms. The molecule has 0 aliphatic carbocycles. The Bertz CT molecular complexity index is 1210. The predicted octanol–water partition coefficient (Wildman–Crippen LogP) is 6.35. The average Bonchev–Trinajstić information content (AvgIpc) is 3.34. The molecule has 2 heterocycles. The zero-order chi connectivity index (χ0) is 27.9. The molecular formula is C29H37FN4O4. The molecule has 1 aromatic carbocycles. The van der Waals surface area contributed by atoms with Crippen LogP contribution in [-0.2, 0) is 11.3 Å². The first-order chi connectivity index (χ1) is 18.1. The second kappa shape index (κ2) is 12.7. The third kappa shape index (κ3) is 7.19. The molecular weight excluding hydrogens is 487 g/mol. The highest BCUT2D eigenvalue weighted by Crippen LogP contribution is 2.31. The molecule has 2 N–H and O–H groups in total. The van der Waals surface area contributed by atoms with E-state index in [4.69, 9.17) is 9.84 Å². The fourth-order valence-corrected chi connectivity index (χ4v) is 4.31. The van der Waals surface area contributed by atoms with Crippen LogP contribution in [0.1, 0.15) is 68.6 Å². The van der Waals surface area contributed by atoms with E-state index >= 15 is 0 Å². The summed E-state index contributed by atoms with van der Waals surface area (Å²) >= 11 is 0. The lowest BCUT2D eigenvalue weighted by atomic mass is 9.95. The van der Waals surface area contributed by atoms with Gasteiger partial charge in [-0.2, -0.15) is 5.10 Å². The molecule has 1 atom stereocenters. The van der Waals surface area contributed by atoms with Crippen molar-refractivity contribution in [3.05, 3.63) is 77.4 Å². The Morgan fingerprint density at radius 1 is 1.34 bits per heavy atom. The first-order valence-electron chi connectivity index (χ1n) is 12.8. The van der Waals surface area contributed by atoms with Crippen LogP contribution in [0.25, 0.3) is 5.57 Å². The number of aromatic amines is 1. The van der Waals surface area contributed by atoms with Crippen LogP contribution in [0.2, 0.25) is 0 Å². The molecule has 0 spiro atoms. The number of carbonyl (C=O) groups excluding carboxylic acids is 1. The Morgan fingerprint density at radius 3 is 2.63 bits per heavy atom. The number of amides is 1. The van der Waals surface area contributed by atoms with Crippen molar-refractivity contribution in [2.75, 3.05) is 24.5 Å². The molecule has 8 nitrogen and oxygen atoms in total. The summed E-state index contributed by atoms with van der Waals surface area (Å²) in [6.45, 7) is 13.8. The van der Waals surface area contributed by atoms with Gasteiger partial charge >= 0.3 is 12.1 Å². The predicted molar refractivity (Wildman–Crippen MR) is 147 cm³/mol. The van der Waals surface area contributed by atoms with E-state index in [1.165, 1.54) is 24.0 Å². The smallest absolute Gasteiger partial charge is 0.414 e. The Balaban J connectivity index is 1.62. The van der Waals surface area contributed by atoms with Gasteiger partial charge in [0.15, 0.2) is 0 Å². The maximum Gasteiger partial charge on any atom is 0.414 e. The number of allylic oxidation sites excluding steroid dienone is 5. The van der Waals surface area contributed by atoms with E-state index in [1.54, 1.807) is 31.3 Å². The van der Waals surface area contributed by atoms with Crippen LogP contribution in [0.3, 0.4) is 0 Å². The van der Waals surface area contributed by atoms with Crippen LogP contribution in [-0.4, -0.2) is 57.5 Å². The molecule has 0 radical (unpaired) electrons. The fourth-order valence-electron chi connectivity index (χ4n) is 4.31. The molecule has 1 aliphatic heterocycles. The number of benzene rings is 1. The lowest BCUT2D eigenvalue weighted by Gasteiger charge is -2.40. The third-order valence-electron chi connectivity index (χ3n) is 7.08. The molecule has 1 amide bonds. The molecule has 1 fully saturated rings. The first-order valence-corrected chi connectivity index (χ1v) is 12.8. The van der Waals surface area contributed by atoms with Crippen LogP contribution in [0, 0.1) is 0 Å². The maximum atomic E-state index is 13.5. The second-order valence-electron chi connectivity index (χ2n) is 9.84. The summed E-state index contributed by atoms with van der Waals surface area (Å²) in [6, 6.07) is 6.21. The van der Waals surface area contributed by atoms with Crippen molar-refractivity contribution in [3.63, 3.8) is 0 Å². The number of nitrogens with one attached hydrogen (secondary N) is 1. The van der Waals surface area contributed by atoms with Crippen molar-refractivity contribution in [2.45, 2.75) is 59.1 Å². The number of aromatic carboxylic acids is 1. The number of H-pyrrole nitrogens is 1. The summed E-state index contributed by atoms with van der Waals surface area (Å²) in [4.78, 5) is 27.7. The summed E-state index contributed by atoms with van der Waals surface area (Å²) in [7, 11) is 0. The Hall–Kier alpha value is -3.72. The summed E-state index contributed by atoms with van der Waals surface area (Å²) in [5, 5.41) is 16.4. The molecule has 1 saturated heterocycles. The van der Waals surface area contributed by atoms with E-state index in [0.29, 0.717) is 50.2 Å². The van der Waals surface area contributed by atoms with Gasteiger partial charge in [-0.1, -0.05) is 25.7 Å². The van der Waals surface area contributed by atoms with Crippen molar-refractivity contribution >= 4 is 23.3 Å². The Morgan fingerprint density at radius 2 is 2.05 bits per heavy atom. The number of ether oxygens (including phenoxy) is 1. The Kier molecular flexibility index (Phi) is 9.63. The van der Waals surface area contributed by atoms with Crippen molar-refractivity contribution in [2.24, 2.45) is 0 Å². The third-order valence-corrected chi connectivity index (χ3v) is 7.08. The minimum Gasteiger partial charge on any atom is -0.478 e. The van der Waals surface area contributed by atoms with Gasteiger partial charge in [0.25, 0.3) is 0 Å². The van der Waals surface area contributed by atoms with Gasteiger partial charge in [-0.15, -0.1) is 0 Å². The van der Waals surface area contributed by atoms with Crippen molar-refractivity contribution < 1.29 is 23.8 Å². The SMILES string of the molecule is C=CC(=CC/C(C)=C(\C)F)c1[nH]ncc1CN(CC)CCC1(C)CCN(c2ccc(C(=O)O)cc2)C(=O)O1. The standard InChI is InChI=1S/C29H37FN4O4/c1-6-22(9-8-20(3)21(4)30)26-24(18-31-32-26)19-33(7-2)16-14-29(5)15-17-34(28(37)38-29)25-12-10-23(11-13-25)27(35)36/h6,9-13,18H,1,7-8,14-17,19H2,2-5H3,(H,31,32)(H,35,36)/b21-20+,22-9?. The van der Waals surface area contributed by atoms with E-state index in [1.807, 2.05) is 13.0 Å². The number of hydrogen-bond donors (Lipinski definition) is 2. The van der Waals surface area contributed by atoms with Gasteiger partial charge in [-0.05, 0) is 75.6 Å². The fraction of sp³-hybridized carbons (Fsp3) is 0.414. The number of carbonyl (C=O) groups is 2. The van der Waals surface area contributed by atoms with Gasteiger partial charge in [-0.3, -0.25) is 14.9 Å². The molecule has 1 unspecified atom stereocenters. The van der Waals surface area contributed by atoms with Crippen LogP contribution in [0.15, 0.2) is 60.6 Å². The lowest BCUT2D eigenvalue weighted by molar-refractivity contribution is -0.00363. The Labute approximate surface area is 223 Å².